The fourth-order valence-electron chi connectivity index (χ4n) is 1.12. The molecule has 0 spiro atoms. The Kier molecular flexibility index (Phi) is 2.96. The van der Waals surface area contributed by atoms with Crippen molar-refractivity contribution in [3.8, 4) is 0 Å². The van der Waals surface area contributed by atoms with E-state index in [0.29, 0.717) is 15.9 Å². The third kappa shape index (κ3) is 2.36. The molecule has 2 rings (SSSR count). The van der Waals surface area contributed by atoms with E-state index in [-0.39, 0.29) is 5.69 Å². The second kappa shape index (κ2) is 4.42. The van der Waals surface area contributed by atoms with E-state index in [1.807, 2.05) is 0 Å². The van der Waals surface area contributed by atoms with E-state index < -0.39 is 5.97 Å². The number of nitrogens with zero attached hydrogens (tertiary/aromatic N) is 4. The Labute approximate surface area is 101 Å². The van der Waals surface area contributed by atoms with Crippen LogP contribution in [0.1, 0.15) is 10.5 Å². The van der Waals surface area contributed by atoms with Gasteiger partial charge in [-0.1, -0.05) is 0 Å². The summed E-state index contributed by atoms with van der Waals surface area (Å²) in [5, 5.41) is 13.7. The quantitative estimate of drug-likeness (QED) is 0.824. The summed E-state index contributed by atoms with van der Waals surface area (Å²) >= 11 is 1.17. The maximum absolute atomic E-state index is 10.8. The molecule has 2 aromatic heterocycles. The van der Waals surface area contributed by atoms with Gasteiger partial charge in [-0.25, -0.2) is 19.4 Å². The van der Waals surface area contributed by atoms with Gasteiger partial charge in [-0.15, -0.1) is 0 Å². The monoisotopic (exact) mass is 251 g/mol. The molecule has 0 aliphatic rings. The van der Waals surface area contributed by atoms with Gasteiger partial charge in [-0.05, 0) is 23.9 Å². The molecule has 3 N–H and O–H groups in total. The van der Waals surface area contributed by atoms with Crippen LogP contribution in [0.25, 0.3) is 0 Å². The summed E-state index contributed by atoms with van der Waals surface area (Å²) < 4.78 is 1.55. The summed E-state index contributed by atoms with van der Waals surface area (Å²) in [5.41, 5.74) is 6.08. The van der Waals surface area contributed by atoms with Crippen LogP contribution in [0.3, 0.4) is 0 Å². The highest BCUT2D eigenvalue weighted by Gasteiger charge is 2.12. The third-order valence-corrected chi connectivity index (χ3v) is 3.04. The van der Waals surface area contributed by atoms with Crippen LogP contribution in [-0.2, 0) is 7.05 Å². The average molecular weight is 251 g/mol. The average Bonchev–Trinajstić information content (AvgIpc) is 2.67. The molecule has 88 valence electrons. The highest BCUT2D eigenvalue weighted by Crippen LogP contribution is 2.28. The number of aromatic carboxylic acids is 1. The van der Waals surface area contributed by atoms with Crippen molar-refractivity contribution in [3.63, 3.8) is 0 Å². The van der Waals surface area contributed by atoms with Crippen molar-refractivity contribution < 1.29 is 9.90 Å². The minimum atomic E-state index is -1.09. The molecular formula is C9H9N5O2S. The van der Waals surface area contributed by atoms with Crippen LogP contribution >= 0.6 is 11.8 Å². The third-order valence-electron chi connectivity index (χ3n) is 1.97. The Morgan fingerprint density at radius 1 is 1.53 bits per heavy atom. The van der Waals surface area contributed by atoms with Crippen LogP contribution < -0.4 is 5.73 Å². The Morgan fingerprint density at radius 3 is 2.88 bits per heavy atom. The number of carboxylic acid groups (broad SMARTS) is 1. The highest BCUT2D eigenvalue weighted by molar-refractivity contribution is 7.99. The number of pyridine rings is 1. The predicted octanol–water partition coefficient (Wildman–Crippen LogP) is 0.642. The number of anilines is 1. The Balaban J connectivity index is 2.35. The molecule has 7 nitrogen and oxygen atoms in total. The molecule has 2 heterocycles. The maximum Gasteiger partial charge on any atom is 0.354 e. The fourth-order valence-corrected chi connectivity index (χ4v) is 1.90. The van der Waals surface area contributed by atoms with Gasteiger partial charge in [0.25, 0.3) is 0 Å². The lowest BCUT2D eigenvalue weighted by atomic mass is 10.3. The van der Waals surface area contributed by atoms with Crippen LogP contribution in [0.15, 0.2) is 28.6 Å². The number of hydrogen-bond acceptors (Lipinski definition) is 6. The van der Waals surface area contributed by atoms with Crippen molar-refractivity contribution in [1.29, 1.82) is 0 Å². The van der Waals surface area contributed by atoms with E-state index in [1.165, 1.54) is 30.2 Å². The summed E-state index contributed by atoms with van der Waals surface area (Å²) in [6.45, 7) is 0. The zero-order valence-corrected chi connectivity index (χ0v) is 9.68. The number of nitrogens with two attached hydrogens (primary N) is 1. The topological polar surface area (TPSA) is 107 Å². The van der Waals surface area contributed by atoms with Crippen molar-refractivity contribution in [2.24, 2.45) is 7.05 Å². The summed E-state index contributed by atoms with van der Waals surface area (Å²) in [7, 11) is 1.73. The van der Waals surface area contributed by atoms with Crippen molar-refractivity contribution in [1.82, 2.24) is 19.7 Å². The second-order valence-electron chi connectivity index (χ2n) is 3.16. The number of aryl methyl sites for hydroxylation is 1. The Hall–Kier alpha value is -2.09. The molecule has 0 amide bonds. The van der Waals surface area contributed by atoms with Gasteiger partial charge >= 0.3 is 5.97 Å². The zero-order chi connectivity index (χ0) is 12.4. The number of aromatic nitrogens is 4. The molecule has 0 radical (unpaired) electrons. The first-order chi connectivity index (χ1) is 8.08. The van der Waals surface area contributed by atoms with Gasteiger partial charge in [0.1, 0.15) is 17.0 Å². The van der Waals surface area contributed by atoms with E-state index in [2.05, 4.69) is 15.1 Å². The zero-order valence-electron chi connectivity index (χ0n) is 8.86. The minimum Gasteiger partial charge on any atom is -0.477 e. The molecule has 0 atom stereocenters. The minimum absolute atomic E-state index is 0.0520. The van der Waals surface area contributed by atoms with Crippen molar-refractivity contribution >= 4 is 23.4 Å². The molecule has 0 aliphatic carbocycles. The summed E-state index contributed by atoms with van der Waals surface area (Å²) in [5.74, 6) is -1.09. The Bertz CT molecular complexity index is 568. The molecule has 0 unspecified atom stereocenters. The summed E-state index contributed by atoms with van der Waals surface area (Å²) in [6.07, 6.45) is 1.40. The van der Waals surface area contributed by atoms with E-state index in [4.69, 9.17) is 10.8 Å². The maximum atomic E-state index is 10.8. The molecule has 0 fully saturated rings. The van der Waals surface area contributed by atoms with Crippen LogP contribution in [0.5, 0.6) is 0 Å². The van der Waals surface area contributed by atoms with Crippen molar-refractivity contribution in [3.05, 3.63) is 24.2 Å². The number of nitrogen functional groups attached to an aromatic ring is 1. The van der Waals surface area contributed by atoms with Gasteiger partial charge in [0.05, 0.1) is 5.69 Å². The molecule has 0 saturated carbocycles. The van der Waals surface area contributed by atoms with E-state index in [9.17, 15) is 4.79 Å². The molecule has 0 bridgehead atoms. The summed E-state index contributed by atoms with van der Waals surface area (Å²) in [6, 6.07) is 2.87. The highest BCUT2D eigenvalue weighted by atomic mass is 32.2. The van der Waals surface area contributed by atoms with Crippen molar-refractivity contribution in [2.45, 2.75) is 10.2 Å². The largest absolute Gasteiger partial charge is 0.477 e. The lowest BCUT2D eigenvalue weighted by Crippen LogP contribution is -2.03. The Morgan fingerprint density at radius 2 is 2.29 bits per heavy atom. The summed E-state index contributed by atoms with van der Waals surface area (Å²) in [4.78, 5) is 18.7. The van der Waals surface area contributed by atoms with Gasteiger partial charge < -0.3 is 10.8 Å². The number of hydrogen-bond donors (Lipinski definition) is 2. The van der Waals surface area contributed by atoms with E-state index in [1.54, 1.807) is 11.7 Å². The molecule has 0 aromatic carbocycles. The smallest absolute Gasteiger partial charge is 0.354 e. The molecule has 0 saturated heterocycles. The second-order valence-corrected chi connectivity index (χ2v) is 4.12. The first kappa shape index (κ1) is 11.4. The standard InChI is InChI=1S/C9H9N5O2S/c1-14-9(11-4-12-14)17-7-5(10)2-3-6(13-7)8(15)16/h2-4H,10H2,1H3,(H,15,16). The lowest BCUT2D eigenvalue weighted by molar-refractivity contribution is 0.0690. The molecule has 8 heteroatoms. The number of rotatable bonds is 3. The van der Waals surface area contributed by atoms with Gasteiger partial charge in [0, 0.05) is 7.05 Å². The first-order valence-electron chi connectivity index (χ1n) is 4.59. The number of carboxylic acids is 1. The van der Waals surface area contributed by atoms with Crippen LogP contribution in [0.2, 0.25) is 0 Å². The lowest BCUT2D eigenvalue weighted by Gasteiger charge is -2.04. The van der Waals surface area contributed by atoms with E-state index in [0.717, 1.165) is 0 Å². The van der Waals surface area contributed by atoms with Crippen molar-refractivity contribution in [2.75, 3.05) is 5.73 Å². The van der Waals surface area contributed by atoms with Gasteiger partial charge in [-0.2, -0.15) is 5.10 Å². The van der Waals surface area contributed by atoms with Crippen LogP contribution in [-0.4, -0.2) is 30.8 Å². The van der Waals surface area contributed by atoms with Crippen LogP contribution in [0, 0.1) is 0 Å². The fraction of sp³-hybridized carbons (Fsp3) is 0.111. The molecular weight excluding hydrogens is 242 g/mol. The van der Waals surface area contributed by atoms with E-state index >= 15 is 0 Å². The SMILES string of the molecule is Cn1ncnc1Sc1nc(C(=O)O)ccc1N. The molecule has 2 aromatic rings. The van der Waals surface area contributed by atoms with Gasteiger partial charge in [-0.3, -0.25) is 0 Å². The predicted molar refractivity (Wildman–Crippen MR) is 60.7 cm³/mol. The van der Waals surface area contributed by atoms with Gasteiger partial charge in [0.2, 0.25) is 0 Å². The first-order valence-corrected chi connectivity index (χ1v) is 5.41. The van der Waals surface area contributed by atoms with Gasteiger partial charge in [0.15, 0.2) is 5.16 Å². The molecule has 0 aliphatic heterocycles. The molecule has 17 heavy (non-hydrogen) atoms. The number of carbonyl (C=O) groups is 1. The van der Waals surface area contributed by atoms with Crippen LogP contribution in [0.4, 0.5) is 5.69 Å². The normalized spacial score (nSPS) is 10.4.